The predicted octanol–water partition coefficient (Wildman–Crippen LogP) is 7.90. The van der Waals surface area contributed by atoms with E-state index in [1.165, 1.54) is 22.3 Å². The zero-order valence-electron chi connectivity index (χ0n) is 16.7. The normalized spacial score (nSPS) is 27.0. The molecule has 0 aromatic heterocycles. The van der Waals surface area contributed by atoms with Gasteiger partial charge in [-0.1, -0.05) is 0 Å². The first-order chi connectivity index (χ1) is 12.8. The van der Waals surface area contributed by atoms with E-state index in [9.17, 15) is 0 Å². The van der Waals surface area contributed by atoms with Crippen molar-refractivity contribution in [2.75, 3.05) is 0 Å². The number of hydrogen-bond donors (Lipinski definition) is 0. The van der Waals surface area contributed by atoms with E-state index in [4.69, 9.17) is 0 Å². The van der Waals surface area contributed by atoms with E-state index < -0.39 is 20.3 Å². The molecule has 2 atom stereocenters. The monoisotopic (exact) mass is 430 g/mol. The van der Waals surface area contributed by atoms with E-state index in [1.807, 2.05) is 0 Å². The molecule has 4 rings (SSSR count). The molecule has 2 aliphatic rings. The Balaban J connectivity index is 1.70. The first-order valence-corrected chi connectivity index (χ1v) is 17.2. The fraction of sp³-hybridized carbons (Fsp3) is 0.231. The summed E-state index contributed by atoms with van der Waals surface area (Å²) in [5.74, 6) is 0. The van der Waals surface area contributed by atoms with Crippen LogP contribution in [0.3, 0.4) is 0 Å². The van der Waals surface area contributed by atoms with E-state index in [2.05, 4.69) is 120 Å². The summed E-state index contributed by atoms with van der Waals surface area (Å²) in [6.07, 6.45) is 14.8. The van der Waals surface area contributed by atoms with Crippen molar-refractivity contribution >= 4 is 11.1 Å². The Hall–Kier alpha value is -1.72. The zero-order chi connectivity index (χ0) is 19.1. The Kier molecular flexibility index (Phi) is 4.63. The van der Waals surface area contributed by atoms with Crippen LogP contribution in [0, 0.1) is 0 Å². The van der Waals surface area contributed by atoms with Crippen LogP contribution in [0.4, 0.5) is 0 Å². The Morgan fingerprint density at radius 1 is 0.593 bits per heavy atom. The molecule has 0 saturated heterocycles. The fourth-order valence-corrected chi connectivity index (χ4v) is 12.2. The Morgan fingerprint density at radius 3 is 1.33 bits per heavy atom. The molecule has 0 fully saturated rings. The molecule has 0 saturated carbocycles. The molecule has 0 nitrogen and oxygen atoms in total. The molecule has 0 heterocycles. The van der Waals surface area contributed by atoms with Gasteiger partial charge >= 0.3 is 169 Å². The predicted molar refractivity (Wildman–Crippen MR) is 116 cm³/mol. The summed E-state index contributed by atoms with van der Waals surface area (Å²) >= 11 is -2.68. The molecule has 2 unspecified atom stereocenters. The average Bonchev–Trinajstić information content (AvgIpc) is 3.29. The summed E-state index contributed by atoms with van der Waals surface area (Å²) in [4.78, 5) is 0. The van der Waals surface area contributed by atoms with Crippen molar-refractivity contribution in [3.63, 3.8) is 0 Å². The summed E-state index contributed by atoms with van der Waals surface area (Å²) < 4.78 is 5.61. The van der Waals surface area contributed by atoms with Crippen LogP contribution in [0.25, 0.3) is 11.1 Å². The van der Waals surface area contributed by atoms with Crippen molar-refractivity contribution < 1.29 is 20.3 Å². The summed E-state index contributed by atoms with van der Waals surface area (Å²) in [6.45, 7) is 4.92. The SMILES string of the molecule is C[C]1([Zr]([CH3])([CH3])[C]2(C)C=CC(c3ccccc3)=C2)C=CC(c2ccccc2)=C1. The Morgan fingerprint density at radius 2 is 0.963 bits per heavy atom. The summed E-state index contributed by atoms with van der Waals surface area (Å²) in [5.41, 5.74) is 5.40. The molecule has 2 aromatic carbocycles. The van der Waals surface area contributed by atoms with Crippen LogP contribution in [0.1, 0.15) is 25.0 Å². The van der Waals surface area contributed by atoms with E-state index in [0.29, 0.717) is 0 Å². The van der Waals surface area contributed by atoms with Gasteiger partial charge < -0.3 is 0 Å². The van der Waals surface area contributed by atoms with Gasteiger partial charge in [0.1, 0.15) is 0 Å². The zero-order valence-corrected chi connectivity index (χ0v) is 19.2. The number of hydrogen-bond acceptors (Lipinski definition) is 0. The topological polar surface area (TPSA) is 0 Å². The molecule has 0 N–H and O–H groups in total. The van der Waals surface area contributed by atoms with Crippen LogP contribution in [-0.4, -0.2) is 0 Å². The van der Waals surface area contributed by atoms with Crippen LogP contribution in [-0.2, 0) is 20.3 Å². The average molecular weight is 432 g/mol. The Bertz CT molecular complexity index is 880. The van der Waals surface area contributed by atoms with Gasteiger partial charge in [-0.2, -0.15) is 0 Å². The maximum atomic E-state index is 2.61. The number of benzene rings is 2. The van der Waals surface area contributed by atoms with Crippen LogP contribution in [0.15, 0.2) is 97.1 Å². The van der Waals surface area contributed by atoms with Crippen LogP contribution in [0.5, 0.6) is 0 Å². The van der Waals surface area contributed by atoms with Crippen molar-refractivity contribution in [3.8, 4) is 0 Å². The van der Waals surface area contributed by atoms with E-state index >= 15 is 0 Å². The number of rotatable bonds is 4. The van der Waals surface area contributed by atoms with Crippen molar-refractivity contribution in [2.24, 2.45) is 0 Å². The standard InChI is InChI=1S/2C12H11.2CH3.Zr/c2*1-10-7-8-12(9-10)11-5-3-2-4-6-11;;;/h2*2-9H,1H3;2*1H3;. The molecular formula is C26H28Zr. The van der Waals surface area contributed by atoms with Crippen molar-refractivity contribution in [1.82, 2.24) is 0 Å². The third-order valence-corrected chi connectivity index (χ3v) is 21.8. The van der Waals surface area contributed by atoms with Gasteiger partial charge in [0.15, 0.2) is 0 Å². The van der Waals surface area contributed by atoms with Gasteiger partial charge in [0.05, 0.1) is 0 Å². The molecule has 0 aliphatic heterocycles. The molecule has 0 amide bonds. The van der Waals surface area contributed by atoms with Crippen molar-refractivity contribution in [3.05, 3.63) is 108 Å². The van der Waals surface area contributed by atoms with E-state index in [-0.39, 0.29) is 6.25 Å². The van der Waals surface area contributed by atoms with Gasteiger partial charge in [-0.05, 0) is 0 Å². The second kappa shape index (κ2) is 6.71. The van der Waals surface area contributed by atoms with Gasteiger partial charge in [-0.15, -0.1) is 0 Å². The molecule has 0 spiro atoms. The van der Waals surface area contributed by atoms with Gasteiger partial charge in [-0.3, -0.25) is 0 Å². The third-order valence-electron chi connectivity index (χ3n) is 7.04. The van der Waals surface area contributed by atoms with E-state index in [0.717, 1.165) is 0 Å². The molecule has 0 radical (unpaired) electrons. The molecule has 2 aliphatic carbocycles. The third kappa shape index (κ3) is 3.11. The maximum absolute atomic E-state index is 2.68. The van der Waals surface area contributed by atoms with Gasteiger partial charge in [0, 0.05) is 0 Å². The second-order valence-electron chi connectivity index (χ2n) is 8.79. The Labute approximate surface area is 168 Å². The summed E-state index contributed by atoms with van der Waals surface area (Å²) in [6, 6.07) is 21.6. The molecule has 136 valence electrons. The fourth-order valence-electron chi connectivity index (χ4n) is 4.34. The first-order valence-electron chi connectivity index (χ1n) is 9.80. The number of allylic oxidation sites excluding steroid dienone is 8. The second-order valence-corrected chi connectivity index (χ2v) is 22.1. The summed E-state index contributed by atoms with van der Waals surface area (Å²) in [5, 5.41) is 0. The quantitative estimate of drug-likeness (QED) is 0.461. The minimum absolute atomic E-state index is 0.196. The minimum atomic E-state index is -2.68. The molecule has 2 aromatic rings. The van der Waals surface area contributed by atoms with Gasteiger partial charge in [0.2, 0.25) is 0 Å². The van der Waals surface area contributed by atoms with Crippen LogP contribution >= 0.6 is 0 Å². The first kappa shape index (κ1) is 18.6. The molecule has 1 heteroatoms. The van der Waals surface area contributed by atoms with Gasteiger partial charge in [0.25, 0.3) is 0 Å². The van der Waals surface area contributed by atoms with Crippen LogP contribution < -0.4 is 0 Å². The van der Waals surface area contributed by atoms with E-state index in [1.54, 1.807) is 0 Å². The summed E-state index contributed by atoms with van der Waals surface area (Å²) in [7, 11) is 0. The van der Waals surface area contributed by atoms with Crippen molar-refractivity contribution in [1.29, 1.82) is 0 Å². The molecule has 27 heavy (non-hydrogen) atoms. The molecule has 0 bridgehead atoms. The van der Waals surface area contributed by atoms with Crippen LogP contribution in [0.2, 0.25) is 15.5 Å². The van der Waals surface area contributed by atoms with Gasteiger partial charge in [-0.25, -0.2) is 0 Å². The molecular weight excluding hydrogens is 404 g/mol. The van der Waals surface area contributed by atoms with Crippen molar-refractivity contribution in [2.45, 2.75) is 29.4 Å².